The minimum absolute atomic E-state index is 0.0114. The second-order valence-corrected chi connectivity index (χ2v) is 7.18. The number of aromatic nitrogens is 2. The summed E-state index contributed by atoms with van der Waals surface area (Å²) in [5.74, 6) is -0.0437. The van der Waals surface area contributed by atoms with Gasteiger partial charge in [0.1, 0.15) is 0 Å². The van der Waals surface area contributed by atoms with Crippen LogP contribution in [0, 0.1) is 10.1 Å². The van der Waals surface area contributed by atoms with Gasteiger partial charge in [-0.3, -0.25) is 14.9 Å². The van der Waals surface area contributed by atoms with Crippen LogP contribution >= 0.6 is 0 Å². The zero-order valence-electron chi connectivity index (χ0n) is 16.8. The Morgan fingerprint density at radius 3 is 2.30 bits per heavy atom. The quantitative estimate of drug-likeness (QED) is 0.481. The molecule has 8 nitrogen and oxygen atoms in total. The normalized spacial score (nSPS) is 14.6. The summed E-state index contributed by atoms with van der Waals surface area (Å²) in [7, 11) is 0. The Morgan fingerprint density at radius 1 is 1.03 bits per heavy atom. The fraction of sp³-hybridized carbons (Fsp3) is 0.273. The van der Waals surface area contributed by atoms with Gasteiger partial charge in [0.25, 0.3) is 11.6 Å². The smallest absolute Gasteiger partial charge is 0.269 e. The highest BCUT2D eigenvalue weighted by molar-refractivity contribution is 6.00. The van der Waals surface area contributed by atoms with Crippen molar-refractivity contribution in [1.29, 1.82) is 0 Å². The van der Waals surface area contributed by atoms with E-state index in [-0.39, 0.29) is 11.6 Å². The van der Waals surface area contributed by atoms with Crippen molar-refractivity contribution in [3.63, 3.8) is 0 Å². The van der Waals surface area contributed by atoms with Gasteiger partial charge in [-0.05, 0) is 18.7 Å². The number of benzene rings is 2. The van der Waals surface area contributed by atoms with Crippen molar-refractivity contribution >= 4 is 11.6 Å². The van der Waals surface area contributed by atoms with Gasteiger partial charge in [-0.2, -0.15) is 5.10 Å². The standard InChI is InChI=1S/C22H23N5O3/c1-2-24-12-14-25(15-13-24)22(28)20-16-23-26(21(20)17-6-4-3-5-7-17)18-8-10-19(11-9-18)27(29)30/h3-11,16H,2,12-15H2,1H3. The van der Waals surface area contributed by atoms with Gasteiger partial charge in [0.15, 0.2) is 0 Å². The van der Waals surface area contributed by atoms with Gasteiger partial charge in [-0.1, -0.05) is 37.3 Å². The number of rotatable bonds is 5. The third-order valence-corrected chi connectivity index (χ3v) is 5.46. The maximum atomic E-state index is 13.3. The van der Waals surface area contributed by atoms with Crippen LogP contribution in [0.3, 0.4) is 0 Å². The van der Waals surface area contributed by atoms with Gasteiger partial charge in [-0.15, -0.1) is 0 Å². The molecule has 0 spiro atoms. The van der Waals surface area contributed by atoms with Gasteiger partial charge in [0, 0.05) is 43.9 Å². The van der Waals surface area contributed by atoms with Gasteiger partial charge < -0.3 is 9.80 Å². The van der Waals surface area contributed by atoms with E-state index in [1.54, 1.807) is 23.0 Å². The molecule has 0 unspecified atom stereocenters. The molecule has 0 aliphatic carbocycles. The Labute approximate surface area is 174 Å². The van der Waals surface area contributed by atoms with Crippen molar-refractivity contribution in [3.8, 4) is 16.9 Å². The van der Waals surface area contributed by atoms with Crippen LogP contribution in [0.1, 0.15) is 17.3 Å². The zero-order chi connectivity index (χ0) is 21.1. The van der Waals surface area contributed by atoms with E-state index in [0.717, 1.165) is 25.2 Å². The average molecular weight is 405 g/mol. The molecule has 0 bridgehead atoms. The number of non-ortho nitro benzene ring substituents is 1. The third kappa shape index (κ3) is 3.81. The van der Waals surface area contributed by atoms with Crippen LogP contribution in [0.4, 0.5) is 5.69 Å². The summed E-state index contributed by atoms with van der Waals surface area (Å²) in [6, 6.07) is 15.8. The first-order valence-electron chi connectivity index (χ1n) is 9.98. The summed E-state index contributed by atoms with van der Waals surface area (Å²) in [5, 5.41) is 15.5. The Kier molecular flexibility index (Phi) is 5.58. The molecule has 0 N–H and O–H groups in total. The summed E-state index contributed by atoms with van der Waals surface area (Å²) in [6.45, 7) is 6.20. The Bertz CT molecular complexity index is 1040. The number of likely N-dealkylation sites (N-methyl/N-ethyl adjacent to an activating group) is 1. The number of nitrogens with zero attached hydrogens (tertiary/aromatic N) is 5. The molecule has 0 atom stereocenters. The van der Waals surface area contributed by atoms with E-state index in [2.05, 4.69) is 16.9 Å². The van der Waals surface area contributed by atoms with Gasteiger partial charge in [0.2, 0.25) is 0 Å². The van der Waals surface area contributed by atoms with Crippen molar-refractivity contribution in [2.24, 2.45) is 0 Å². The van der Waals surface area contributed by atoms with Crippen LogP contribution in [0.15, 0.2) is 60.8 Å². The molecule has 8 heteroatoms. The van der Waals surface area contributed by atoms with E-state index in [0.29, 0.717) is 30.0 Å². The Morgan fingerprint density at radius 2 is 1.70 bits per heavy atom. The van der Waals surface area contributed by atoms with E-state index < -0.39 is 4.92 Å². The highest BCUT2D eigenvalue weighted by Gasteiger charge is 2.27. The second kappa shape index (κ2) is 8.46. The van der Waals surface area contributed by atoms with E-state index in [1.165, 1.54) is 12.1 Å². The number of carbonyl (C=O) groups excluding carboxylic acids is 1. The summed E-state index contributed by atoms with van der Waals surface area (Å²) in [5.41, 5.74) is 2.76. The van der Waals surface area contributed by atoms with Crippen LogP contribution in [0.25, 0.3) is 16.9 Å². The van der Waals surface area contributed by atoms with Gasteiger partial charge in [-0.25, -0.2) is 4.68 Å². The molecule has 3 aromatic rings. The maximum Gasteiger partial charge on any atom is 0.269 e. The number of nitro groups is 1. The second-order valence-electron chi connectivity index (χ2n) is 7.18. The van der Waals surface area contributed by atoms with Crippen LogP contribution in [-0.4, -0.2) is 63.1 Å². The zero-order valence-corrected chi connectivity index (χ0v) is 16.8. The minimum atomic E-state index is -0.435. The molecule has 1 aliphatic heterocycles. The molecule has 1 amide bonds. The third-order valence-electron chi connectivity index (χ3n) is 5.46. The van der Waals surface area contributed by atoms with E-state index in [9.17, 15) is 14.9 Å². The maximum absolute atomic E-state index is 13.3. The Hall–Kier alpha value is -3.52. The lowest BCUT2D eigenvalue weighted by molar-refractivity contribution is -0.384. The van der Waals surface area contributed by atoms with Crippen molar-refractivity contribution in [3.05, 3.63) is 76.5 Å². The molecule has 1 aromatic heterocycles. The molecule has 1 fully saturated rings. The first-order chi connectivity index (χ1) is 14.6. The van der Waals surface area contributed by atoms with Crippen LogP contribution in [0.5, 0.6) is 0 Å². The monoisotopic (exact) mass is 405 g/mol. The first-order valence-corrected chi connectivity index (χ1v) is 9.98. The number of carbonyl (C=O) groups is 1. The number of hydrogen-bond acceptors (Lipinski definition) is 5. The number of nitro benzene ring substituents is 1. The van der Waals surface area contributed by atoms with Crippen molar-refractivity contribution in [2.75, 3.05) is 32.7 Å². The largest absolute Gasteiger partial charge is 0.336 e. The Balaban J connectivity index is 1.73. The summed E-state index contributed by atoms with van der Waals surface area (Å²) >= 11 is 0. The number of amides is 1. The fourth-order valence-electron chi connectivity index (χ4n) is 3.73. The number of hydrogen-bond donors (Lipinski definition) is 0. The molecular weight excluding hydrogens is 382 g/mol. The summed E-state index contributed by atoms with van der Waals surface area (Å²) in [6.07, 6.45) is 1.60. The van der Waals surface area contributed by atoms with Gasteiger partial charge >= 0.3 is 0 Å². The average Bonchev–Trinajstić information content (AvgIpc) is 3.24. The molecule has 2 aromatic carbocycles. The predicted molar refractivity (Wildman–Crippen MR) is 114 cm³/mol. The molecule has 30 heavy (non-hydrogen) atoms. The first kappa shape index (κ1) is 19.8. The molecular formula is C22H23N5O3. The predicted octanol–water partition coefficient (Wildman–Crippen LogP) is 3.23. The van der Waals surface area contributed by atoms with E-state index >= 15 is 0 Å². The highest BCUT2D eigenvalue weighted by atomic mass is 16.6. The van der Waals surface area contributed by atoms with E-state index in [1.807, 2.05) is 35.2 Å². The van der Waals surface area contributed by atoms with Crippen molar-refractivity contribution < 1.29 is 9.72 Å². The SMILES string of the molecule is CCN1CCN(C(=O)c2cnn(-c3ccc([N+](=O)[O-])cc3)c2-c2ccccc2)CC1. The summed E-state index contributed by atoms with van der Waals surface area (Å²) < 4.78 is 1.68. The molecule has 0 radical (unpaired) electrons. The lowest BCUT2D eigenvalue weighted by Gasteiger charge is -2.34. The molecule has 1 aliphatic rings. The van der Waals surface area contributed by atoms with E-state index in [4.69, 9.17) is 0 Å². The molecule has 0 saturated carbocycles. The molecule has 154 valence electrons. The highest BCUT2D eigenvalue weighted by Crippen LogP contribution is 2.28. The van der Waals surface area contributed by atoms with Crippen molar-refractivity contribution in [2.45, 2.75) is 6.92 Å². The van der Waals surface area contributed by atoms with Crippen LogP contribution < -0.4 is 0 Å². The lowest BCUT2D eigenvalue weighted by atomic mass is 10.1. The fourth-order valence-corrected chi connectivity index (χ4v) is 3.73. The molecule has 1 saturated heterocycles. The lowest BCUT2D eigenvalue weighted by Crippen LogP contribution is -2.48. The molecule has 2 heterocycles. The summed E-state index contributed by atoms with van der Waals surface area (Å²) in [4.78, 5) is 28.1. The topological polar surface area (TPSA) is 84.5 Å². The van der Waals surface area contributed by atoms with Gasteiger partial charge in [0.05, 0.1) is 28.1 Å². The van der Waals surface area contributed by atoms with Crippen LogP contribution in [-0.2, 0) is 0 Å². The number of piperazine rings is 1. The molecule has 4 rings (SSSR count). The van der Waals surface area contributed by atoms with Crippen LogP contribution in [0.2, 0.25) is 0 Å². The minimum Gasteiger partial charge on any atom is -0.336 e. The van der Waals surface area contributed by atoms with Crippen molar-refractivity contribution in [1.82, 2.24) is 19.6 Å².